The van der Waals surface area contributed by atoms with Gasteiger partial charge in [-0.25, -0.2) is 0 Å². The molecule has 0 amide bonds. The summed E-state index contributed by atoms with van der Waals surface area (Å²) in [7, 11) is -3.17. The zero-order valence-corrected chi connectivity index (χ0v) is 16.1. The van der Waals surface area contributed by atoms with E-state index in [1.807, 2.05) is 13.8 Å². The van der Waals surface area contributed by atoms with E-state index in [-0.39, 0.29) is 11.1 Å². The SMILES string of the molecule is CC(C)O[P+](=O)C[C@H]1CC[C@@H](O[Si](C)(C)C(C)(C)C)C1. The Morgan fingerprint density at radius 1 is 1.25 bits per heavy atom. The van der Waals surface area contributed by atoms with Crippen molar-refractivity contribution in [3.63, 3.8) is 0 Å². The van der Waals surface area contributed by atoms with Crippen LogP contribution in [-0.4, -0.2) is 26.7 Å². The molecule has 0 aliphatic heterocycles. The Balaban J connectivity index is 2.42. The largest absolute Gasteiger partial charge is 0.508 e. The molecule has 1 fully saturated rings. The van der Waals surface area contributed by atoms with Crippen molar-refractivity contribution in [1.29, 1.82) is 0 Å². The summed E-state index contributed by atoms with van der Waals surface area (Å²) >= 11 is 0. The molecule has 3 atom stereocenters. The summed E-state index contributed by atoms with van der Waals surface area (Å²) in [6.07, 6.45) is 4.41. The molecule has 0 aromatic carbocycles. The van der Waals surface area contributed by atoms with Gasteiger partial charge in [0, 0.05) is 12.0 Å². The molecule has 1 saturated carbocycles. The average molecular weight is 319 g/mol. The van der Waals surface area contributed by atoms with E-state index in [1.165, 1.54) is 0 Å². The van der Waals surface area contributed by atoms with Gasteiger partial charge in [0.05, 0.1) is 0 Å². The highest BCUT2D eigenvalue weighted by Crippen LogP contribution is 2.42. The number of hydrogen-bond acceptors (Lipinski definition) is 3. The minimum absolute atomic E-state index is 0.0549. The summed E-state index contributed by atoms with van der Waals surface area (Å²) < 4.78 is 23.7. The van der Waals surface area contributed by atoms with Gasteiger partial charge in [-0.05, 0) is 55.8 Å². The molecule has 0 bridgehead atoms. The van der Waals surface area contributed by atoms with Crippen LogP contribution in [0.5, 0.6) is 0 Å². The molecule has 20 heavy (non-hydrogen) atoms. The molecule has 0 spiro atoms. The van der Waals surface area contributed by atoms with Crippen LogP contribution in [0.25, 0.3) is 0 Å². The van der Waals surface area contributed by atoms with Crippen molar-refractivity contribution in [1.82, 2.24) is 0 Å². The van der Waals surface area contributed by atoms with Crippen molar-refractivity contribution in [3.05, 3.63) is 0 Å². The minimum atomic E-state index is -1.67. The van der Waals surface area contributed by atoms with Gasteiger partial charge in [0.2, 0.25) is 0 Å². The predicted molar refractivity (Wildman–Crippen MR) is 88.1 cm³/mol. The van der Waals surface area contributed by atoms with Crippen LogP contribution in [0.1, 0.15) is 53.9 Å². The monoisotopic (exact) mass is 319 g/mol. The van der Waals surface area contributed by atoms with Crippen molar-refractivity contribution in [2.24, 2.45) is 5.92 Å². The van der Waals surface area contributed by atoms with Gasteiger partial charge < -0.3 is 4.43 Å². The van der Waals surface area contributed by atoms with Crippen LogP contribution in [0.3, 0.4) is 0 Å². The Hall–Kier alpha value is 0.237. The van der Waals surface area contributed by atoms with Crippen LogP contribution in [0.4, 0.5) is 0 Å². The maximum atomic E-state index is 11.9. The van der Waals surface area contributed by atoms with Crippen molar-refractivity contribution in [3.8, 4) is 0 Å². The highest BCUT2D eigenvalue weighted by atomic mass is 31.1. The molecule has 1 aliphatic carbocycles. The van der Waals surface area contributed by atoms with Crippen LogP contribution in [0.15, 0.2) is 0 Å². The van der Waals surface area contributed by atoms with Gasteiger partial charge in [-0.2, -0.15) is 0 Å². The molecule has 1 aliphatic rings. The fourth-order valence-corrected chi connectivity index (χ4v) is 5.09. The molecule has 3 nitrogen and oxygen atoms in total. The first-order valence-corrected chi connectivity index (χ1v) is 12.1. The summed E-state index contributed by atoms with van der Waals surface area (Å²) in [4.78, 5) is 0. The smallest absolute Gasteiger partial charge is 0.414 e. The van der Waals surface area contributed by atoms with E-state index in [4.69, 9.17) is 8.95 Å². The average Bonchev–Trinajstić information content (AvgIpc) is 2.61. The van der Waals surface area contributed by atoms with Gasteiger partial charge in [-0.15, -0.1) is 4.52 Å². The third-order valence-electron chi connectivity index (χ3n) is 4.50. The molecule has 0 aromatic rings. The van der Waals surface area contributed by atoms with Crippen LogP contribution >= 0.6 is 8.03 Å². The van der Waals surface area contributed by atoms with Crippen molar-refractivity contribution in [2.75, 3.05) is 6.16 Å². The van der Waals surface area contributed by atoms with E-state index in [9.17, 15) is 4.57 Å². The lowest BCUT2D eigenvalue weighted by Crippen LogP contribution is -2.43. The van der Waals surface area contributed by atoms with Crippen LogP contribution in [0.2, 0.25) is 18.1 Å². The lowest BCUT2D eigenvalue weighted by Gasteiger charge is -2.38. The van der Waals surface area contributed by atoms with E-state index in [0.717, 1.165) is 19.3 Å². The molecule has 0 radical (unpaired) electrons. The van der Waals surface area contributed by atoms with Gasteiger partial charge in [0.25, 0.3) is 0 Å². The first kappa shape index (κ1) is 18.3. The Morgan fingerprint density at radius 3 is 2.35 bits per heavy atom. The van der Waals surface area contributed by atoms with Crippen molar-refractivity contribution in [2.45, 2.75) is 84.2 Å². The fraction of sp³-hybridized carbons (Fsp3) is 1.00. The standard InChI is InChI=1S/C15H32O3PSi/c1-12(2)17-19(16)11-13-8-9-14(10-13)18-20(6,7)15(3,4)5/h12-14H,8-11H2,1-7H3/q+1/t13-,14+/m0/s1. The summed E-state index contributed by atoms with van der Waals surface area (Å²) in [5.41, 5.74) is 0. The fourth-order valence-electron chi connectivity index (χ4n) is 2.38. The highest BCUT2D eigenvalue weighted by Gasteiger charge is 2.42. The normalized spacial score (nSPS) is 25.3. The molecule has 1 unspecified atom stereocenters. The maximum absolute atomic E-state index is 11.9. The van der Waals surface area contributed by atoms with E-state index in [2.05, 4.69) is 33.9 Å². The minimum Gasteiger partial charge on any atom is -0.414 e. The second-order valence-corrected chi connectivity index (χ2v) is 13.8. The van der Waals surface area contributed by atoms with Crippen molar-refractivity contribution >= 4 is 16.3 Å². The van der Waals surface area contributed by atoms with Gasteiger partial charge in [0.1, 0.15) is 6.10 Å². The van der Waals surface area contributed by atoms with E-state index in [1.54, 1.807) is 0 Å². The molecule has 0 heterocycles. The zero-order chi connectivity index (χ0) is 15.6. The lowest BCUT2D eigenvalue weighted by atomic mass is 10.1. The van der Waals surface area contributed by atoms with Gasteiger partial charge >= 0.3 is 8.03 Å². The summed E-state index contributed by atoms with van der Waals surface area (Å²) in [6.45, 7) is 15.3. The molecule has 118 valence electrons. The first-order valence-electron chi connectivity index (χ1n) is 7.80. The molecule has 0 N–H and O–H groups in total. The van der Waals surface area contributed by atoms with E-state index < -0.39 is 16.3 Å². The van der Waals surface area contributed by atoms with Crippen LogP contribution in [-0.2, 0) is 13.5 Å². The second-order valence-electron chi connectivity index (χ2n) is 7.85. The Kier molecular flexibility index (Phi) is 6.40. The molecule has 5 heteroatoms. The predicted octanol–water partition coefficient (Wildman–Crippen LogP) is 5.34. The Bertz CT molecular complexity index is 337. The molecular weight excluding hydrogens is 287 g/mol. The summed E-state index contributed by atoms with van der Waals surface area (Å²) in [6, 6.07) is 0. The second kappa shape index (κ2) is 7.00. The van der Waals surface area contributed by atoms with E-state index in [0.29, 0.717) is 18.2 Å². The van der Waals surface area contributed by atoms with E-state index >= 15 is 0 Å². The summed E-state index contributed by atoms with van der Waals surface area (Å²) in [5, 5.41) is 0.261. The third kappa shape index (κ3) is 5.55. The Labute approximate surface area is 126 Å². The molecule has 1 rings (SSSR count). The van der Waals surface area contributed by atoms with Crippen molar-refractivity contribution < 1.29 is 13.5 Å². The lowest BCUT2D eigenvalue weighted by molar-refractivity contribution is 0.183. The molecular formula is C15H32O3PSi+. The quantitative estimate of drug-likeness (QED) is 0.489. The van der Waals surface area contributed by atoms with Gasteiger partial charge in [-0.1, -0.05) is 20.8 Å². The van der Waals surface area contributed by atoms with Gasteiger partial charge in [0.15, 0.2) is 14.5 Å². The summed E-state index contributed by atoms with van der Waals surface area (Å²) in [5.74, 6) is 0.507. The third-order valence-corrected chi connectivity index (χ3v) is 10.5. The Morgan fingerprint density at radius 2 is 1.85 bits per heavy atom. The topological polar surface area (TPSA) is 35.5 Å². The van der Waals surface area contributed by atoms with Gasteiger partial charge in [-0.3, -0.25) is 0 Å². The first-order chi connectivity index (χ1) is 9.01. The number of rotatable bonds is 6. The number of hydrogen-bond donors (Lipinski definition) is 0. The zero-order valence-electron chi connectivity index (χ0n) is 14.2. The van der Waals surface area contributed by atoms with Crippen LogP contribution in [0, 0.1) is 5.92 Å². The van der Waals surface area contributed by atoms with Crippen LogP contribution < -0.4 is 0 Å². The molecule has 0 saturated heterocycles. The highest BCUT2D eigenvalue weighted by molar-refractivity contribution is 7.39. The maximum Gasteiger partial charge on any atom is 0.508 e. The molecule has 0 aromatic heterocycles.